The molecule has 0 amide bonds. The molecule has 1 rings (SSSR count). The van der Waals surface area contributed by atoms with Crippen molar-refractivity contribution in [3.63, 3.8) is 0 Å². The second-order valence-electron chi connectivity index (χ2n) is 4.72. The molecular weight excluding hydrogens is 258 g/mol. The predicted molar refractivity (Wildman–Crippen MR) is 74.1 cm³/mol. The smallest absolute Gasteiger partial charge is 0.323 e. The minimum Gasteiger partial charge on any atom is -0.465 e. The van der Waals surface area contributed by atoms with Crippen LogP contribution in [0.1, 0.15) is 32.2 Å². The van der Waals surface area contributed by atoms with Gasteiger partial charge in [0.15, 0.2) is 5.41 Å². The number of hydrogen-bond donors (Lipinski definition) is 0. The van der Waals surface area contributed by atoms with Gasteiger partial charge in [0.1, 0.15) is 0 Å². The molecule has 0 aromatic carbocycles. The molecule has 0 saturated heterocycles. The topological polar surface area (TPSA) is 65.5 Å². The van der Waals surface area contributed by atoms with Crippen molar-refractivity contribution in [2.45, 2.75) is 34.1 Å². The van der Waals surface area contributed by atoms with Gasteiger partial charge in [-0.25, -0.2) is 0 Å². The molecular formula is C15H21NO4. The first kappa shape index (κ1) is 16.1. The number of esters is 2. The average molecular weight is 279 g/mol. The zero-order valence-electron chi connectivity index (χ0n) is 12.4. The summed E-state index contributed by atoms with van der Waals surface area (Å²) >= 11 is 0. The second-order valence-corrected chi connectivity index (χ2v) is 4.72. The van der Waals surface area contributed by atoms with Crippen LogP contribution in [-0.4, -0.2) is 30.1 Å². The predicted octanol–water partition coefficient (Wildman–Crippen LogP) is 2.07. The highest BCUT2D eigenvalue weighted by molar-refractivity contribution is 5.99. The van der Waals surface area contributed by atoms with Gasteiger partial charge in [0.05, 0.1) is 13.2 Å². The molecule has 5 nitrogen and oxygen atoms in total. The average Bonchev–Trinajstić information content (AvgIpc) is 2.39. The van der Waals surface area contributed by atoms with E-state index in [0.717, 1.165) is 5.69 Å². The van der Waals surface area contributed by atoms with Crippen LogP contribution in [0.15, 0.2) is 18.2 Å². The lowest BCUT2D eigenvalue weighted by Crippen LogP contribution is -2.41. The van der Waals surface area contributed by atoms with E-state index >= 15 is 0 Å². The number of carbonyl (C=O) groups is 2. The zero-order valence-corrected chi connectivity index (χ0v) is 12.4. The van der Waals surface area contributed by atoms with Gasteiger partial charge < -0.3 is 9.47 Å². The van der Waals surface area contributed by atoms with Gasteiger partial charge in [-0.3, -0.25) is 14.6 Å². The third kappa shape index (κ3) is 3.79. The van der Waals surface area contributed by atoms with Gasteiger partial charge in [-0.05, 0) is 39.8 Å². The molecule has 0 aliphatic rings. The highest BCUT2D eigenvalue weighted by Gasteiger charge is 2.44. The fraction of sp³-hybridized carbons (Fsp3) is 0.533. The van der Waals surface area contributed by atoms with Crippen LogP contribution in [0, 0.1) is 12.3 Å². The van der Waals surface area contributed by atoms with Crippen molar-refractivity contribution < 1.29 is 19.1 Å². The summed E-state index contributed by atoms with van der Waals surface area (Å²) in [4.78, 5) is 28.6. The van der Waals surface area contributed by atoms with Crippen molar-refractivity contribution in [1.29, 1.82) is 0 Å². The van der Waals surface area contributed by atoms with E-state index in [2.05, 4.69) is 4.98 Å². The van der Waals surface area contributed by atoms with E-state index < -0.39 is 17.4 Å². The number of carbonyl (C=O) groups excluding carboxylic acids is 2. The van der Waals surface area contributed by atoms with Crippen LogP contribution in [0.25, 0.3) is 0 Å². The van der Waals surface area contributed by atoms with Crippen molar-refractivity contribution in [3.05, 3.63) is 29.6 Å². The molecule has 1 aromatic heterocycles. The van der Waals surface area contributed by atoms with Crippen LogP contribution in [0.2, 0.25) is 0 Å². The molecule has 0 bridgehead atoms. The van der Waals surface area contributed by atoms with Crippen molar-refractivity contribution in [3.8, 4) is 0 Å². The Kier molecular flexibility index (Phi) is 5.67. The maximum atomic E-state index is 12.1. The highest BCUT2D eigenvalue weighted by Crippen LogP contribution is 2.26. The minimum atomic E-state index is -1.37. The molecule has 0 spiro atoms. The number of ether oxygens (including phenoxy) is 2. The first-order chi connectivity index (χ1) is 9.43. The second kappa shape index (κ2) is 7.03. The molecule has 5 heteroatoms. The molecule has 0 unspecified atom stereocenters. The SMILES string of the molecule is CCOC(=O)C(C)(Cc1cccc(C)n1)C(=O)OCC. The maximum Gasteiger partial charge on any atom is 0.323 e. The fourth-order valence-corrected chi connectivity index (χ4v) is 1.87. The van der Waals surface area contributed by atoms with Crippen LogP contribution < -0.4 is 0 Å². The van der Waals surface area contributed by atoms with Crippen LogP contribution >= 0.6 is 0 Å². The maximum absolute atomic E-state index is 12.1. The van der Waals surface area contributed by atoms with E-state index in [4.69, 9.17) is 9.47 Å². The van der Waals surface area contributed by atoms with Crippen LogP contribution in [-0.2, 0) is 25.5 Å². The molecule has 0 radical (unpaired) electrons. The van der Waals surface area contributed by atoms with Crippen LogP contribution in [0.3, 0.4) is 0 Å². The van der Waals surface area contributed by atoms with E-state index in [1.807, 2.05) is 19.1 Å². The van der Waals surface area contributed by atoms with E-state index in [1.54, 1.807) is 19.9 Å². The van der Waals surface area contributed by atoms with Crippen molar-refractivity contribution in [2.24, 2.45) is 5.41 Å². The van der Waals surface area contributed by atoms with Gasteiger partial charge >= 0.3 is 11.9 Å². The summed E-state index contributed by atoms with van der Waals surface area (Å²) in [7, 11) is 0. The largest absolute Gasteiger partial charge is 0.465 e. The molecule has 20 heavy (non-hydrogen) atoms. The standard InChI is InChI=1S/C15H21NO4/c1-5-19-13(17)15(4,14(18)20-6-2)10-12-9-7-8-11(3)16-12/h7-9H,5-6,10H2,1-4H3. The van der Waals surface area contributed by atoms with Crippen molar-refractivity contribution in [1.82, 2.24) is 4.98 Å². The van der Waals surface area contributed by atoms with Gasteiger partial charge in [-0.2, -0.15) is 0 Å². The molecule has 1 heterocycles. The summed E-state index contributed by atoms with van der Waals surface area (Å²) < 4.78 is 10.0. The van der Waals surface area contributed by atoms with Gasteiger partial charge in [-0.1, -0.05) is 6.07 Å². The number of nitrogens with zero attached hydrogens (tertiary/aromatic N) is 1. The summed E-state index contributed by atoms with van der Waals surface area (Å²) in [6, 6.07) is 5.48. The third-order valence-electron chi connectivity index (χ3n) is 2.93. The monoisotopic (exact) mass is 279 g/mol. The number of hydrogen-bond acceptors (Lipinski definition) is 5. The van der Waals surface area contributed by atoms with Gasteiger partial charge in [0.25, 0.3) is 0 Å². The van der Waals surface area contributed by atoms with Crippen molar-refractivity contribution >= 4 is 11.9 Å². The molecule has 0 N–H and O–H groups in total. The quantitative estimate of drug-likeness (QED) is 0.589. The van der Waals surface area contributed by atoms with E-state index in [0.29, 0.717) is 5.69 Å². The Morgan fingerprint density at radius 1 is 1.15 bits per heavy atom. The first-order valence-electron chi connectivity index (χ1n) is 6.71. The summed E-state index contributed by atoms with van der Waals surface area (Å²) in [6.07, 6.45) is 0.159. The van der Waals surface area contributed by atoms with Gasteiger partial charge in [-0.15, -0.1) is 0 Å². The molecule has 0 aliphatic carbocycles. The molecule has 1 aromatic rings. The Balaban J connectivity index is 3.04. The molecule has 110 valence electrons. The summed E-state index contributed by atoms with van der Waals surface area (Å²) in [5.74, 6) is -1.16. The lowest BCUT2D eigenvalue weighted by Gasteiger charge is -2.24. The number of aryl methyl sites for hydroxylation is 1. The summed E-state index contributed by atoms with van der Waals surface area (Å²) in [5, 5.41) is 0. The highest BCUT2D eigenvalue weighted by atomic mass is 16.6. The lowest BCUT2D eigenvalue weighted by atomic mass is 9.85. The third-order valence-corrected chi connectivity index (χ3v) is 2.93. The molecule has 0 saturated carbocycles. The molecule has 0 aliphatic heterocycles. The van der Waals surface area contributed by atoms with Gasteiger partial charge in [0.2, 0.25) is 0 Å². The summed E-state index contributed by atoms with van der Waals surface area (Å²) in [5.41, 5.74) is 0.124. The fourth-order valence-electron chi connectivity index (χ4n) is 1.87. The lowest BCUT2D eigenvalue weighted by molar-refractivity contribution is -0.170. The number of pyridine rings is 1. The normalized spacial score (nSPS) is 11.0. The van der Waals surface area contributed by atoms with Crippen LogP contribution in [0.4, 0.5) is 0 Å². The van der Waals surface area contributed by atoms with E-state index in [9.17, 15) is 9.59 Å². The Bertz CT molecular complexity index is 467. The Morgan fingerprint density at radius 2 is 1.70 bits per heavy atom. The van der Waals surface area contributed by atoms with Gasteiger partial charge in [0, 0.05) is 17.8 Å². The van der Waals surface area contributed by atoms with E-state index in [-0.39, 0.29) is 19.6 Å². The molecule has 0 fully saturated rings. The Hall–Kier alpha value is -1.91. The zero-order chi connectivity index (χ0) is 15.2. The first-order valence-corrected chi connectivity index (χ1v) is 6.71. The Morgan fingerprint density at radius 3 is 2.15 bits per heavy atom. The minimum absolute atomic E-state index is 0.159. The molecule has 0 atom stereocenters. The Labute approximate surface area is 119 Å². The number of aromatic nitrogens is 1. The van der Waals surface area contributed by atoms with Crippen LogP contribution in [0.5, 0.6) is 0 Å². The number of rotatable bonds is 6. The van der Waals surface area contributed by atoms with Crippen molar-refractivity contribution in [2.75, 3.05) is 13.2 Å². The van der Waals surface area contributed by atoms with E-state index in [1.165, 1.54) is 6.92 Å². The summed E-state index contributed by atoms with van der Waals surface area (Å²) in [6.45, 7) is 7.23.